The second-order valence-electron chi connectivity index (χ2n) is 6.89. The molecule has 0 radical (unpaired) electrons. The molecule has 1 aliphatic heterocycles. The molecular weight excluding hydrogens is 350 g/mol. The molecule has 0 aliphatic carbocycles. The molecule has 1 heterocycles. The van der Waals surface area contributed by atoms with E-state index >= 15 is 0 Å². The van der Waals surface area contributed by atoms with Gasteiger partial charge in [-0.1, -0.05) is 53.6 Å². The summed E-state index contributed by atoms with van der Waals surface area (Å²) in [5.74, 6) is -1.64. The topological polar surface area (TPSA) is 57.6 Å². The van der Waals surface area contributed by atoms with Crippen LogP contribution in [0.4, 0.5) is 0 Å². The fourth-order valence-electron chi connectivity index (χ4n) is 3.58. The number of benzene rings is 2. The Morgan fingerprint density at radius 2 is 1.88 bits per heavy atom. The monoisotopic (exact) mass is 371 g/mol. The van der Waals surface area contributed by atoms with Crippen LogP contribution in [0.5, 0.6) is 0 Å². The van der Waals surface area contributed by atoms with E-state index in [9.17, 15) is 14.7 Å². The number of rotatable bonds is 5. The molecule has 5 heteroatoms. The smallest absolute Gasteiger partial charge is 0.308 e. The molecule has 0 saturated carbocycles. The molecule has 26 heavy (non-hydrogen) atoms. The molecule has 1 aliphatic rings. The van der Waals surface area contributed by atoms with Crippen molar-refractivity contribution in [2.75, 3.05) is 13.1 Å². The molecule has 2 aromatic carbocycles. The summed E-state index contributed by atoms with van der Waals surface area (Å²) >= 11 is 5.93. The molecule has 1 saturated heterocycles. The van der Waals surface area contributed by atoms with E-state index in [-0.39, 0.29) is 18.4 Å². The van der Waals surface area contributed by atoms with Crippen LogP contribution in [-0.4, -0.2) is 35.0 Å². The Morgan fingerprint density at radius 1 is 1.15 bits per heavy atom. The van der Waals surface area contributed by atoms with Crippen LogP contribution < -0.4 is 0 Å². The molecule has 0 unspecified atom stereocenters. The highest BCUT2D eigenvalue weighted by Crippen LogP contribution is 2.34. The summed E-state index contributed by atoms with van der Waals surface area (Å²) < 4.78 is 0. The average molecular weight is 372 g/mol. The van der Waals surface area contributed by atoms with Gasteiger partial charge in [-0.2, -0.15) is 0 Å². The third-order valence-corrected chi connectivity index (χ3v) is 5.25. The predicted octanol–water partition coefficient (Wildman–Crippen LogP) is 3.91. The number of aryl methyl sites for hydroxylation is 2. The fourth-order valence-corrected chi connectivity index (χ4v) is 3.71. The van der Waals surface area contributed by atoms with E-state index in [1.165, 1.54) is 5.56 Å². The predicted molar refractivity (Wildman–Crippen MR) is 101 cm³/mol. The summed E-state index contributed by atoms with van der Waals surface area (Å²) in [6.07, 6.45) is 1.06. The third-order valence-electron chi connectivity index (χ3n) is 5.00. The van der Waals surface area contributed by atoms with Crippen molar-refractivity contribution in [3.8, 4) is 0 Å². The number of carboxylic acids is 1. The van der Waals surface area contributed by atoms with Crippen LogP contribution in [-0.2, 0) is 16.0 Å². The van der Waals surface area contributed by atoms with Gasteiger partial charge in [-0.3, -0.25) is 9.59 Å². The Hall–Kier alpha value is -2.33. The lowest BCUT2D eigenvalue weighted by molar-refractivity contribution is -0.141. The maximum atomic E-state index is 12.6. The van der Waals surface area contributed by atoms with Gasteiger partial charge in [0.05, 0.1) is 5.92 Å². The van der Waals surface area contributed by atoms with Crippen LogP contribution in [0, 0.1) is 12.8 Å². The molecule has 0 bridgehead atoms. The molecule has 0 spiro atoms. The second kappa shape index (κ2) is 7.92. The van der Waals surface area contributed by atoms with Crippen molar-refractivity contribution in [2.45, 2.75) is 25.7 Å². The van der Waals surface area contributed by atoms with Crippen LogP contribution >= 0.6 is 11.6 Å². The summed E-state index contributed by atoms with van der Waals surface area (Å²) in [4.78, 5) is 26.0. The van der Waals surface area contributed by atoms with Gasteiger partial charge in [0, 0.05) is 30.5 Å². The number of carbonyl (C=O) groups is 2. The lowest BCUT2D eigenvalue weighted by atomic mass is 9.89. The van der Waals surface area contributed by atoms with Gasteiger partial charge in [0.2, 0.25) is 5.91 Å². The van der Waals surface area contributed by atoms with Crippen LogP contribution in [0.25, 0.3) is 0 Å². The quantitative estimate of drug-likeness (QED) is 0.866. The van der Waals surface area contributed by atoms with Gasteiger partial charge in [0.1, 0.15) is 0 Å². The number of nitrogens with zero attached hydrogens (tertiary/aromatic N) is 1. The van der Waals surface area contributed by atoms with Crippen molar-refractivity contribution < 1.29 is 14.7 Å². The first-order valence-electron chi connectivity index (χ1n) is 8.75. The van der Waals surface area contributed by atoms with Gasteiger partial charge >= 0.3 is 5.97 Å². The number of halogens is 1. The molecule has 2 aromatic rings. The molecule has 1 N–H and O–H groups in total. The third kappa shape index (κ3) is 4.25. The van der Waals surface area contributed by atoms with Gasteiger partial charge < -0.3 is 10.0 Å². The lowest BCUT2D eigenvalue weighted by Gasteiger charge is -2.17. The van der Waals surface area contributed by atoms with Crippen molar-refractivity contribution in [3.05, 3.63) is 70.2 Å². The fraction of sp³-hybridized carbons (Fsp3) is 0.333. The summed E-state index contributed by atoms with van der Waals surface area (Å²) in [5, 5.41) is 10.2. The van der Waals surface area contributed by atoms with E-state index in [4.69, 9.17) is 11.6 Å². The first-order valence-corrected chi connectivity index (χ1v) is 9.13. The van der Waals surface area contributed by atoms with Crippen LogP contribution in [0.2, 0.25) is 5.02 Å². The van der Waals surface area contributed by atoms with Crippen molar-refractivity contribution in [2.24, 2.45) is 5.92 Å². The first-order chi connectivity index (χ1) is 12.4. The normalized spacial score (nSPS) is 19.5. The largest absolute Gasteiger partial charge is 0.481 e. The van der Waals surface area contributed by atoms with E-state index < -0.39 is 11.9 Å². The highest BCUT2D eigenvalue weighted by atomic mass is 35.5. The van der Waals surface area contributed by atoms with Gasteiger partial charge in [0.25, 0.3) is 0 Å². The maximum Gasteiger partial charge on any atom is 0.308 e. The number of hydrogen-bond acceptors (Lipinski definition) is 2. The molecule has 4 nitrogen and oxygen atoms in total. The highest BCUT2D eigenvalue weighted by Gasteiger charge is 2.40. The van der Waals surface area contributed by atoms with Crippen LogP contribution in [0.1, 0.15) is 29.0 Å². The van der Waals surface area contributed by atoms with Gasteiger partial charge in [-0.05, 0) is 36.6 Å². The van der Waals surface area contributed by atoms with Gasteiger partial charge in [-0.15, -0.1) is 0 Å². The summed E-state index contributed by atoms with van der Waals surface area (Å²) in [7, 11) is 0. The Balaban J connectivity index is 1.67. The number of likely N-dealkylation sites (tertiary alicyclic amines) is 1. The van der Waals surface area contributed by atoms with E-state index in [1.54, 1.807) is 17.0 Å². The van der Waals surface area contributed by atoms with E-state index in [2.05, 4.69) is 6.07 Å². The molecule has 1 amide bonds. The molecule has 2 atom stereocenters. The van der Waals surface area contributed by atoms with Crippen LogP contribution in [0.15, 0.2) is 48.5 Å². The number of amides is 1. The zero-order valence-electron chi connectivity index (χ0n) is 14.7. The minimum absolute atomic E-state index is 0.00854. The molecular formula is C21H22ClNO3. The Bertz CT molecular complexity index is 803. The summed E-state index contributed by atoms with van der Waals surface area (Å²) in [5.41, 5.74) is 3.21. The minimum atomic E-state index is -0.862. The summed E-state index contributed by atoms with van der Waals surface area (Å²) in [6, 6.07) is 15.3. The van der Waals surface area contributed by atoms with E-state index in [0.29, 0.717) is 24.4 Å². The van der Waals surface area contributed by atoms with Crippen molar-refractivity contribution in [1.29, 1.82) is 0 Å². The number of aliphatic carboxylic acids is 1. The van der Waals surface area contributed by atoms with Crippen molar-refractivity contribution in [3.63, 3.8) is 0 Å². The number of carbonyl (C=O) groups excluding carboxylic acids is 1. The van der Waals surface area contributed by atoms with Gasteiger partial charge in [-0.25, -0.2) is 0 Å². The zero-order chi connectivity index (χ0) is 18.7. The van der Waals surface area contributed by atoms with Crippen molar-refractivity contribution >= 4 is 23.5 Å². The Kier molecular flexibility index (Phi) is 5.62. The number of carboxylic acid groups (broad SMARTS) is 1. The lowest BCUT2D eigenvalue weighted by Crippen LogP contribution is -2.30. The average Bonchev–Trinajstić information content (AvgIpc) is 3.06. The van der Waals surface area contributed by atoms with Crippen molar-refractivity contribution in [1.82, 2.24) is 4.90 Å². The summed E-state index contributed by atoms with van der Waals surface area (Å²) in [6.45, 7) is 2.72. The molecule has 136 valence electrons. The second-order valence-corrected chi connectivity index (χ2v) is 7.33. The highest BCUT2D eigenvalue weighted by molar-refractivity contribution is 6.30. The molecule has 0 aromatic heterocycles. The zero-order valence-corrected chi connectivity index (χ0v) is 15.4. The standard InChI is InChI=1S/C21H22ClNO3/c1-14-3-2-4-15(11-14)5-10-20(24)23-12-18(19(13-23)21(25)26)16-6-8-17(22)9-7-16/h2-4,6-9,11,18-19H,5,10,12-13H2,1H3,(H,25,26)/t18-,19+/m0/s1. The Morgan fingerprint density at radius 3 is 2.54 bits per heavy atom. The first kappa shape index (κ1) is 18.5. The SMILES string of the molecule is Cc1cccc(CCC(=O)N2C[C@@H](C(=O)O)[C@H](c3ccc(Cl)cc3)C2)c1. The molecule has 3 rings (SSSR count). The maximum absolute atomic E-state index is 12.6. The number of hydrogen-bond donors (Lipinski definition) is 1. The van der Waals surface area contributed by atoms with Gasteiger partial charge in [0.15, 0.2) is 0 Å². The molecule has 1 fully saturated rings. The van der Waals surface area contributed by atoms with Crippen LogP contribution in [0.3, 0.4) is 0 Å². The Labute approximate surface area is 158 Å². The minimum Gasteiger partial charge on any atom is -0.481 e. The van der Waals surface area contributed by atoms with E-state index in [1.807, 2.05) is 37.3 Å². The van der Waals surface area contributed by atoms with E-state index in [0.717, 1.165) is 11.1 Å².